The van der Waals surface area contributed by atoms with Gasteiger partial charge >= 0.3 is 0 Å². The van der Waals surface area contributed by atoms with Gasteiger partial charge in [-0.15, -0.1) is 0 Å². The molecule has 17 heavy (non-hydrogen) atoms. The first-order chi connectivity index (χ1) is 8.38. The molecule has 1 nitrogen and oxygen atoms in total. The van der Waals surface area contributed by atoms with Crippen molar-refractivity contribution in [3.8, 4) is 0 Å². The van der Waals surface area contributed by atoms with E-state index in [1.54, 1.807) is 0 Å². The molecule has 1 aromatic rings. The first kappa shape index (κ1) is 12.6. The van der Waals surface area contributed by atoms with Gasteiger partial charge < -0.3 is 5.32 Å². The molecule has 1 N–H and O–H groups in total. The Labute approximate surface area is 106 Å². The lowest BCUT2D eigenvalue weighted by Gasteiger charge is -2.22. The van der Waals surface area contributed by atoms with Crippen LogP contribution in [0.1, 0.15) is 51.0 Å². The molecule has 0 bridgehead atoms. The third-order valence-corrected chi connectivity index (χ3v) is 3.79. The lowest BCUT2D eigenvalue weighted by Crippen LogP contribution is -2.38. The maximum atomic E-state index is 3.87. The van der Waals surface area contributed by atoms with Crippen LogP contribution in [0.4, 0.5) is 0 Å². The SMILES string of the molecule is CCCC(Cc1ccccc1)NC1CCCC1. The van der Waals surface area contributed by atoms with Crippen LogP contribution in [-0.4, -0.2) is 12.1 Å². The summed E-state index contributed by atoms with van der Waals surface area (Å²) in [6.07, 6.45) is 9.36. The quantitative estimate of drug-likeness (QED) is 0.782. The van der Waals surface area contributed by atoms with Crippen LogP contribution in [0.5, 0.6) is 0 Å². The van der Waals surface area contributed by atoms with Gasteiger partial charge in [-0.05, 0) is 31.2 Å². The highest BCUT2D eigenvalue weighted by atomic mass is 15.0. The minimum absolute atomic E-state index is 0.672. The fraction of sp³-hybridized carbons (Fsp3) is 0.625. The lowest BCUT2D eigenvalue weighted by molar-refractivity contribution is 0.405. The van der Waals surface area contributed by atoms with Crippen molar-refractivity contribution in [2.75, 3.05) is 0 Å². The minimum atomic E-state index is 0.672. The van der Waals surface area contributed by atoms with Crippen molar-refractivity contribution in [1.82, 2.24) is 5.32 Å². The number of hydrogen-bond acceptors (Lipinski definition) is 1. The molecule has 2 rings (SSSR count). The fourth-order valence-corrected chi connectivity index (χ4v) is 2.92. The lowest BCUT2D eigenvalue weighted by atomic mass is 10.0. The summed E-state index contributed by atoms with van der Waals surface area (Å²) in [4.78, 5) is 0. The highest BCUT2D eigenvalue weighted by molar-refractivity contribution is 5.15. The van der Waals surface area contributed by atoms with Crippen molar-refractivity contribution in [2.45, 2.75) is 64.0 Å². The molecule has 0 heterocycles. The van der Waals surface area contributed by atoms with E-state index in [-0.39, 0.29) is 0 Å². The molecule has 1 saturated carbocycles. The van der Waals surface area contributed by atoms with Crippen molar-refractivity contribution in [3.05, 3.63) is 35.9 Å². The second-order valence-electron chi connectivity index (χ2n) is 5.32. The molecular formula is C16H25N. The summed E-state index contributed by atoms with van der Waals surface area (Å²) >= 11 is 0. The van der Waals surface area contributed by atoms with Crippen LogP contribution in [0.3, 0.4) is 0 Å². The summed E-state index contributed by atoms with van der Waals surface area (Å²) in [7, 11) is 0. The van der Waals surface area contributed by atoms with Crippen molar-refractivity contribution >= 4 is 0 Å². The number of benzene rings is 1. The largest absolute Gasteiger partial charge is 0.311 e. The summed E-state index contributed by atoms with van der Waals surface area (Å²) in [5.74, 6) is 0. The van der Waals surface area contributed by atoms with Crippen LogP contribution in [0, 0.1) is 0 Å². The van der Waals surface area contributed by atoms with E-state index >= 15 is 0 Å². The topological polar surface area (TPSA) is 12.0 Å². The van der Waals surface area contributed by atoms with Gasteiger partial charge in [0.05, 0.1) is 0 Å². The van der Waals surface area contributed by atoms with Crippen LogP contribution < -0.4 is 5.32 Å². The first-order valence-electron chi connectivity index (χ1n) is 7.18. The second kappa shape index (κ2) is 6.80. The molecular weight excluding hydrogens is 206 g/mol. The maximum absolute atomic E-state index is 3.87. The fourth-order valence-electron chi connectivity index (χ4n) is 2.92. The maximum Gasteiger partial charge on any atom is 0.0110 e. The van der Waals surface area contributed by atoms with Gasteiger partial charge in [0.2, 0.25) is 0 Å². The van der Waals surface area contributed by atoms with E-state index in [9.17, 15) is 0 Å². The van der Waals surface area contributed by atoms with E-state index in [4.69, 9.17) is 0 Å². The van der Waals surface area contributed by atoms with Crippen molar-refractivity contribution in [3.63, 3.8) is 0 Å². The second-order valence-corrected chi connectivity index (χ2v) is 5.32. The molecule has 1 heteroatoms. The van der Waals surface area contributed by atoms with Gasteiger partial charge in [0.25, 0.3) is 0 Å². The Balaban J connectivity index is 1.87. The summed E-state index contributed by atoms with van der Waals surface area (Å²) < 4.78 is 0. The van der Waals surface area contributed by atoms with Crippen molar-refractivity contribution < 1.29 is 0 Å². The monoisotopic (exact) mass is 231 g/mol. The predicted molar refractivity (Wildman–Crippen MR) is 74.2 cm³/mol. The highest BCUT2D eigenvalue weighted by Crippen LogP contribution is 2.19. The zero-order valence-electron chi connectivity index (χ0n) is 11.0. The molecule has 1 unspecified atom stereocenters. The molecule has 0 radical (unpaired) electrons. The average molecular weight is 231 g/mol. The molecule has 1 aromatic carbocycles. The van der Waals surface area contributed by atoms with E-state index in [1.807, 2.05) is 0 Å². The summed E-state index contributed by atoms with van der Waals surface area (Å²) in [6.45, 7) is 2.29. The third-order valence-electron chi connectivity index (χ3n) is 3.79. The Kier molecular flexibility index (Phi) is 5.06. The molecule has 0 aliphatic heterocycles. The van der Waals surface area contributed by atoms with E-state index in [0.717, 1.165) is 6.04 Å². The molecule has 0 saturated heterocycles. The van der Waals surface area contributed by atoms with Gasteiger partial charge in [-0.1, -0.05) is 56.5 Å². The Morgan fingerprint density at radius 3 is 2.53 bits per heavy atom. The zero-order valence-corrected chi connectivity index (χ0v) is 11.0. The van der Waals surface area contributed by atoms with Gasteiger partial charge in [0, 0.05) is 12.1 Å². The van der Waals surface area contributed by atoms with E-state index in [0.29, 0.717) is 6.04 Å². The number of hydrogen-bond donors (Lipinski definition) is 1. The van der Waals surface area contributed by atoms with Crippen molar-refractivity contribution in [2.24, 2.45) is 0 Å². The summed E-state index contributed by atoms with van der Waals surface area (Å²) in [5.41, 5.74) is 1.47. The average Bonchev–Trinajstić information content (AvgIpc) is 2.83. The predicted octanol–water partition coefficient (Wildman–Crippen LogP) is 3.93. The van der Waals surface area contributed by atoms with E-state index in [1.165, 1.54) is 50.5 Å². The highest BCUT2D eigenvalue weighted by Gasteiger charge is 2.18. The van der Waals surface area contributed by atoms with Gasteiger partial charge in [-0.2, -0.15) is 0 Å². The Bertz CT molecular complexity index is 301. The first-order valence-corrected chi connectivity index (χ1v) is 7.18. The standard InChI is InChI=1S/C16H25N/c1-2-8-16(17-15-11-6-7-12-15)13-14-9-4-3-5-10-14/h3-5,9-10,15-17H,2,6-8,11-13H2,1H3. The van der Waals surface area contributed by atoms with Crippen LogP contribution in [-0.2, 0) is 6.42 Å². The molecule has 94 valence electrons. The smallest absolute Gasteiger partial charge is 0.0110 e. The van der Waals surface area contributed by atoms with Crippen molar-refractivity contribution in [1.29, 1.82) is 0 Å². The van der Waals surface area contributed by atoms with Crippen LogP contribution in [0.15, 0.2) is 30.3 Å². The van der Waals surface area contributed by atoms with E-state index < -0.39 is 0 Å². The van der Waals surface area contributed by atoms with Crippen LogP contribution in [0.25, 0.3) is 0 Å². The summed E-state index contributed by atoms with van der Waals surface area (Å²) in [6, 6.07) is 12.4. The van der Waals surface area contributed by atoms with Gasteiger partial charge in [0.15, 0.2) is 0 Å². The van der Waals surface area contributed by atoms with Gasteiger partial charge in [-0.25, -0.2) is 0 Å². The summed E-state index contributed by atoms with van der Waals surface area (Å²) in [5, 5.41) is 3.87. The number of nitrogens with one attached hydrogen (secondary N) is 1. The Morgan fingerprint density at radius 2 is 1.88 bits per heavy atom. The Hall–Kier alpha value is -0.820. The van der Waals surface area contributed by atoms with Crippen LogP contribution >= 0.6 is 0 Å². The molecule has 1 aliphatic carbocycles. The zero-order chi connectivity index (χ0) is 11.9. The van der Waals surface area contributed by atoms with Crippen LogP contribution in [0.2, 0.25) is 0 Å². The normalized spacial score (nSPS) is 18.4. The minimum Gasteiger partial charge on any atom is -0.311 e. The molecule has 0 aromatic heterocycles. The van der Waals surface area contributed by atoms with Gasteiger partial charge in [-0.3, -0.25) is 0 Å². The van der Waals surface area contributed by atoms with Gasteiger partial charge in [0.1, 0.15) is 0 Å². The number of rotatable bonds is 6. The third kappa shape index (κ3) is 4.16. The molecule has 0 spiro atoms. The molecule has 1 atom stereocenters. The van der Waals surface area contributed by atoms with E-state index in [2.05, 4.69) is 42.6 Å². The molecule has 1 aliphatic rings. The molecule has 0 amide bonds. The molecule has 1 fully saturated rings. The Morgan fingerprint density at radius 1 is 1.18 bits per heavy atom.